The molecule has 1 heterocycles. The smallest absolute Gasteiger partial charge is 0.125 e. The Hall–Kier alpha value is -0.770. The molecule has 0 radical (unpaired) electrons. The van der Waals surface area contributed by atoms with Crippen LogP contribution in [-0.4, -0.2) is 30.6 Å². The molecule has 1 aromatic carbocycles. The van der Waals surface area contributed by atoms with Crippen LogP contribution in [0.2, 0.25) is 5.02 Å². The lowest BCUT2D eigenvalue weighted by atomic mass is 9.99. The third-order valence-corrected chi connectivity index (χ3v) is 4.36. The lowest BCUT2D eigenvalue weighted by molar-refractivity contribution is 0.232. The summed E-state index contributed by atoms with van der Waals surface area (Å²) in [5.41, 5.74) is 7.37. The van der Waals surface area contributed by atoms with Crippen LogP contribution in [0.4, 0.5) is 0 Å². The molecule has 2 unspecified atom stereocenters. The number of nitrogens with zero attached hydrogens (tertiary/aromatic N) is 1. The molecule has 1 saturated carbocycles. The van der Waals surface area contributed by atoms with Gasteiger partial charge in [0.2, 0.25) is 0 Å². The summed E-state index contributed by atoms with van der Waals surface area (Å²) in [6, 6.07) is 6.88. The van der Waals surface area contributed by atoms with E-state index in [1.165, 1.54) is 12.8 Å². The van der Waals surface area contributed by atoms with Gasteiger partial charge in [0.15, 0.2) is 0 Å². The van der Waals surface area contributed by atoms with Crippen LogP contribution < -0.4 is 10.5 Å². The molecule has 1 aromatic rings. The van der Waals surface area contributed by atoms with Crippen LogP contribution in [0.25, 0.3) is 0 Å². The minimum Gasteiger partial charge on any atom is -0.496 e. The average molecular weight is 267 g/mol. The molecule has 3 nitrogen and oxygen atoms in total. The van der Waals surface area contributed by atoms with Crippen molar-refractivity contribution in [1.82, 2.24) is 4.90 Å². The Balaban J connectivity index is 2.01. The van der Waals surface area contributed by atoms with E-state index in [0.29, 0.717) is 6.04 Å². The first-order valence-electron chi connectivity index (χ1n) is 6.56. The fraction of sp³-hybridized carbons (Fsp3) is 0.571. The normalized spacial score (nSPS) is 28.6. The highest BCUT2D eigenvalue weighted by molar-refractivity contribution is 6.31. The standard InChI is InChI=1S/C14H19ClN2O/c1-18-12-4-2-3-10(15)13(12)14-11(16)7-8-17(14)9-5-6-9/h2-4,9,11,14H,5-8,16H2,1H3. The monoisotopic (exact) mass is 266 g/mol. The van der Waals surface area contributed by atoms with E-state index in [1.54, 1.807) is 7.11 Å². The van der Waals surface area contributed by atoms with Gasteiger partial charge in [-0.2, -0.15) is 0 Å². The van der Waals surface area contributed by atoms with Crippen LogP contribution >= 0.6 is 11.6 Å². The molecule has 4 heteroatoms. The molecule has 2 aliphatic rings. The van der Waals surface area contributed by atoms with Crippen LogP contribution in [0, 0.1) is 0 Å². The number of hydrogen-bond donors (Lipinski definition) is 1. The van der Waals surface area contributed by atoms with E-state index in [-0.39, 0.29) is 12.1 Å². The molecular weight excluding hydrogens is 248 g/mol. The Morgan fingerprint density at radius 1 is 1.33 bits per heavy atom. The molecule has 1 aliphatic heterocycles. The van der Waals surface area contributed by atoms with Gasteiger partial charge in [0.05, 0.1) is 13.2 Å². The summed E-state index contributed by atoms with van der Waals surface area (Å²) < 4.78 is 5.47. The topological polar surface area (TPSA) is 38.5 Å². The molecule has 0 bridgehead atoms. The van der Waals surface area contributed by atoms with Gasteiger partial charge in [-0.25, -0.2) is 0 Å². The van der Waals surface area contributed by atoms with Gasteiger partial charge in [0.25, 0.3) is 0 Å². The molecule has 98 valence electrons. The van der Waals surface area contributed by atoms with Crippen LogP contribution in [0.15, 0.2) is 18.2 Å². The Morgan fingerprint density at radius 3 is 2.78 bits per heavy atom. The van der Waals surface area contributed by atoms with E-state index in [4.69, 9.17) is 22.1 Å². The summed E-state index contributed by atoms with van der Waals surface area (Å²) in [6.07, 6.45) is 3.61. The summed E-state index contributed by atoms with van der Waals surface area (Å²) in [5, 5.41) is 0.766. The van der Waals surface area contributed by atoms with E-state index in [0.717, 1.165) is 29.3 Å². The maximum absolute atomic E-state index is 6.38. The highest BCUT2D eigenvalue weighted by Crippen LogP contribution is 2.45. The predicted molar refractivity (Wildman–Crippen MR) is 73.1 cm³/mol. The second kappa shape index (κ2) is 4.72. The van der Waals surface area contributed by atoms with Crippen molar-refractivity contribution < 1.29 is 4.74 Å². The lowest BCUT2D eigenvalue weighted by Gasteiger charge is -2.29. The van der Waals surface area contributed by atoms with Crippen molar-refractivity contribution in [3.8, 4) is 5.75 Å². The van der Waals surface area contributed by atoms with Gasteiger partial charge >= 0.3 is 0 Å². The Labute approximate surface area is 113 Å². The Kier molecular flexibility index (Phi) is 3.22. The first-order valence-corrected chi connectivity index (χ1v) is 6.94. The Morgan fingerprint density at radius 2 is 2.11 bits per heavy atom. The molecule has 3 rings (SSSR count). The zero-order valence-electron chi connectivity index (χ0n) is 10.6. The third kappa shape index (κ3) is 2.00. The van der Waals surface area contributed by atoms with Gasteiger partial charge in [-0.1, -0.05) is 17.7 Å². The zero-order chi connectivity index (χ0) is 12.7. The van der Waals surface area contributed by atoms with Crippen LogP contribution in [-0.2, 0) is 0 Å². The molecule has 2 atom stereocenters. The van der Waals surface area contributed by atoms with Crippen molar-refractivity contribution in [2.45, 2.75) is 37.4 Å². The largest absolute Gasteiger partial charge is 0.496 e. The first-order chi connectivity index (χ1) is 8.72. The molecular formula is C14H19ClN2O. The number of halogens is 1. The second-order valence-electron chi connectivity index (χ2n) is 5.22. The van der Waals surface area contributed by atoms with Gasteiger partial charge in [0.1, 0.15) is 5.75 Å². The van der Waals surface area contributed by atoms with E-state index in [1.807, 2.05) is 18.2 Å². The van der Waals surface area contributed by atoms with Crippen molar-refractivity contribution in [2.75, 3.05) is 13.7 Å². The Bertz CT molecular complexity index is 447. The quantitative estimate of drug-likeness (QED) is 0.914. The van der Waals surface area contributed by atoms with E-state index >= 15 is 0 Å². The van der Waals surface area contributed by atoms with Gasteiger partial charge in [-0.15, -0.1) is 0 Å². The lowest BCUT2D eigenvalue weighted by Crippen LogP contribution is -2.33. The minimum absolute atomic E-state index is 0.152. The number of rotatable bonds is 3. The van der Waals surface area contributed by atoms with Crippen molar-refractivity contribution >= 4 is 11.6 Å². The number of benzene rings is 1. The highest BCUT2D eigenvalue weighted by Gasteiger charge is 2.43. The number of hydrogen-bond acceptors (Lipinski definition) is 3. The number of methoxy groups -OCH3 is 1. The van der Waals surface area contributed by atoms with Gasteiger partial charge in [0, 0.05) is 29.2 Å². The molecule has 1 saturated heterocycles. The van der Waals surface area contributed by atoms with Crippen molar-refractivity contribution in [3.63, 3.8) is 0 Å². The molecule has 1 aliphatic carbocycles. The summed E-state index contributed by atoms with van der Waals surface area (Å²) >= 11 is 6.38. The number of likely N-dealkylation sites (tertiary alicyclic amines) is 1. The molecule has 0 aromatic heterocycles. The second-order valence-corrected chi connectivity index (χ2v) is 5.63. The number of ether oxygens (including phenoxy) is 1. The average Bonchev–Trinajstić information content (AvgIpc) is 3.14. The van der Waals surface area contributed by atoms with Gasteiger partial charge in [-0.3, -0.25) is 4.90 Å². The molecule has 2 N–H and O–H groups in total. The van der Waals surface area contributed by atoms with E-state index in [9.17, 15) is 0 Å². The van der Waals surface area contributed by atoms with Gasteiger partial charge in [-0.05, 0) is 31.4 Å². The van der Waals surface area contributed by atoms with Crippen LogP contribution in [0.5, 0.6) is 5.75 Å². The highest BCUT2D eigenvalue weighted by atomic mass is 35.5. The minimum atomic E-state index is 0.152. The maximum atomic E-state index is 6.38. The summed E-state index contributed by atoms with van der Waals surface area (Å²) in [7, 11) is 1.69. The van der Waals surface area contributed by atoms with Crippen LogP contribution in [0.3, 0.4) is 0 Å². The first kappa shape index (κ1) is 12.3. The van der Waals surface area contributed by atoms with Crippen molar-refractivity contribution in [2.24, 2.45) is 5.73 Å². The summed E-state index contributed by atoms with van der Waals surface area (Å²) in [6.45, 7) is 1.07. The number of nitrogens with two attached hydrogens (primary N) is 1. The molecule has 0 amide bonds. The molecule has 2 fully saturated rings. The van der Waals surface area contributed by atoms with E-state index < -0.39 is 0 Å². The van der Waals surface area contributed by atoms with Crippen molar-refractivity contribution in [1.29, 1.82) is 0 Å². The maximum Gasteiger partial charge on any atom is 0.125 e. The summed E-state index contributed by atoms with van der Waals surface area (Å²) in [5.74, 6) is 0.857. The predicted octanol–water partition coefficient (Wildman–Crippen LogP) is 2.59. The fourth-order valence-electron chi connectivity index (χ4n) is 3.02. The molecule has 18 heavy (non-hydrogen) atoms. The van der Waals surface area contributed by atoms with Crippen LogP contribution in [0.1, 0.15) is 30.9 Å². The van der Waals surface area contributed by atoms with Crippen molar-refractivity contribution in [3.05, 3.63) is 28.8 Å². The fourth-order valence-corrected chi connectivity index (χ4v) is 3.30. The summed E-state index contributed by atoms with van der Waals surface area (Å²) in [4.78, 5) is 2.51. The zero-order valence-corrected chi connectivity index (χ0v) is 11.4. The third-order valence-electron chi connectivity index (χ3n) is 4.03. The SMILES string of the molecule is COc1cccc(Cl)c1C1C(N)CCN1C1CC1. The molecule has 0 spiro atoms. The van der Waals surface area contributed by atoms with E-state index in [2.05, 4.69) is 4.90 Å². The van der Waals surface area contributed by atoms with Gasteiger partial charge < -0.3 is 10.5 Å².